The molecule has 2 amide bonds. The van der Waals surface area contributed by atoms with Crippen LogP contribution >= 0.6 is 11.6 Å². The van der Waals surface area contributed by atoms with E-state index in [0.717, 1.165) is 17.1 Å². The van der Waals surface area contributed by atoms with Crippen molar-refractivity contribution in [2.75, 3.05) is 0 Å². The molecule has 0 heterocycles. The van der Waals surface area contributed by atoms with Crippen molar-refractivity contribution in [1.29, 1.82) is 0 Å². The second-order valence-electron chi connectivity index (χ2n) is 6.82. The normalized spacial score (nSPS) is 11.2. The number of nitrogens with one attached hydrogen (secondary N) is 1. The third-order valence-corrected chi connectivity index (χ3v) is 4.12. The van der Waals surface area contributed by atoms with E-state index in [1.54, 1.807) is 45.9 Å². The molecule has 0 spiro atoms. The molecule has 26 heavy (non-hydrogen) atoms. The van der Waals surface area contributed by atoms with Crippen LogP contribution in [0.25, 0.3) is 0 Å². The zero-order valence-corrected chi connectivity index (χ0v) is 15.6. The van der Waals surface area contributed by atoms with Gasteiger partial charge in [0, 0.05) is 22.2 Å². The van der Waals surface area contributed by atoms with E-state index < -0.39 is 29.0 Å². The molecule has 2 aromatic rings. The molecule has 0 saturated carbocycles. The molecule has 4 nitrogen and oxygen atoms in total. The molecular weight excluding hydrogens is 362 g/mol. The first-order valence-corrected chi connectivity index (χ1v) is 8.25. The summed E-state index contributed by atoms with van der Waals surface area (Å²) in [6.45, 7) is 6.74. The van der Waals surface area contributed by atoms with Gasteiger partial charge in [0.15, 0.2) is 0 Å². The summed E-state index contributed by atoms with van der Waals surface area (Å²) in [5.74, 6) is -3.03. The second-order valence-corrected chi connectivity index (χ2v) is 7.23. The summed E-state index contributed by atoms with van der Waals surface area (Å²) in [4.78, 5) is 25.4. The number of hydrogen-bond acceptors (Lipinski definition) is 2. The zero-order chi connectivity index (χ0) is 19.6. The molecule has 0 radical (unpaired) electrons. The van der Waals surface area contributed by atoms with E-state index in [4.69, 9.17) is 11.6 Å². The minimum atomic E-state index is -0.876. The van der Waals surface area contributed by atoms with Gasteiger partial charge in [0.2, 0.25) is 0 Å². The molecule has 0 aromatic heterocycles. The first kappa shape index (κ1) is 19.8. The van der Waals surface area contributed by atoms with Gasteiger partial charge >= 0.3 is 0 Å². The number of hydrazine groups is 1. The molecule has 0 fully saturated rings. The maximum atomic E-state index is 13.5. The van der Waals surface area contributed by atoms with E-state index in [2.05, 4.69) is 5.43 Å². The Kier molecular flexibility index (Phi) is 5.66. The first-order chi connectivity index (χ1) is 12.0. The highest BCUT2D eigenvalue weighted by Crippen LogP contribution is 2.21. The van der Waals surface area contributed by atoms with Gasteiger partial charge in [-0.25, -0.2) is 13.8 Å². The lowest BCUT2D eigenvalue weighted by atomic mass is 10.1. The topological polar surface area (TPSA) is 49.4 Å². The van der Waals surface area contributed by atoms with Gasteiger partial charge in [-0.05, 0) is 57.5 Å². The average Bonchev–Trinajstić information content (AvgIpc) is 2.52. The van der Waals surface area contributed by atoms with Crippen molar-refractivity contribution in [2.45, 2.75) is 33.2 Å². The Morgan fingerprint density at radius 1 is 1.08 bits per heavy atom. The lowest BCUT2D eigenvalue weighted by Crippen LogP contribution is -2.56. The van der Waals surface area contributed by atoms with Crippen LogP contribution in [0.3, 0.4) is 0 Å². The molecule has 138 valence electrons. The van der Waals surface area contributed by atoms with Crippen LogP contribution in [0.2, 0.25) is 5.02 Å². The Morgan fingerprint density at radius 2 is 1.65 bits per heavy atom. The van der Waals surface area contributed by atoms with E-state index in [9.17, 15) is 18.4 Å². The number of benzene rings is 2. The Labute approximate surface area is 155 Å². The van der Waals surface area contributed by atoms with Crippen LogP contribution in [-0.4, -0.2) is 22.4 Å². The molecule has 0 aliphatic rings. The lowest BCUT2D eigenvalue weighted by Gasteiger charge is -2.35. The molecule has 1 N–H and O–H groups in total. The third-order valence-electron chi connectivity index (χ3n) is 3.71. The number of carbonyl (C=O) groups excluding carboxylic acids is 2. The van der Waals surface area contributed by atoms with Crippen LogP contribution in [-0.2, 0) is 0 Å². The zero-order valence-electron chi connectivity index (χ0n) is 14.9. The van der Waals surface area contributed by atoms with Crippen molar-refractivity contribution in [3.8, 4) is 0 Å². The number of hydrogen-bond donors (Lipinski definition) is 1. The summed E-state index contributed by atoms with van der Waals surface area (Å²) < 4.78 is 26.9. The molecule has 7 heteroatoms. The number of carbonyl (C=O) groups is 2. The number of halogens is 3. The van der Waals surface area contributed by atoms with Crippen molar-refractivity contribution in [3.63, 3.8) is 0 Å². The summed E-state index contributed by atoms with van der Waals surface area (Å²) in [5, 5.41) is 1.46. The second kappa shape index (κ2) is 7.41. The highest BCUT2D eigenvalue weighted by molar-refractivity contribution is 6.31. The molecule has 2 rings (SSSR count). The molecule has 0 bridgehead atoms. The van der Waals surface area contributed by atoms with Gasteiger partial charge in [-0.3, -0.25) is 15.0 Å². The smallest absolute Gasteiger partial charge is 0.267 e. The van der Waals surface area contributed by atoms with Gasteiger partial charge in [-0.2, -0.15) is 0 Å². The van der Waals surface area contributed by atoms with Crippen LogP contribution in [0.15, 0.2) is 36.4 Å². The van der Waals surface area contributed by atoms with E-state index in [1.165, 1.54) is 0 Å². The maximum absolute atomic E-state index is 13.5. The fourth-order valence-electron chi connectivity index (χ4n) is 2.34. The highest BCUT2D eigenvalue weighted by Gasteiger charge is 2.30. The van der Waals surface area contributed by atoms with Crippen molar-refractivity contribution in [3.05, 3.63) is 69.7 Å². The molecule has 0 saturated heterocycles. The average molecular weight is 381 g/mol. The number of nitrogens with zero attached hydrogens (tertiary/aromatic N) is 1. The van der Waals surface area contributed by atoms with Gasteiger partial charge < -0.3 is 0 Å². The third kappa shape index (κ3) is 4.38. The highest BCUT2D eigenvalue weighted by atomic mass is 35.5. The molecule has 0 unspecified atom stereocenters. The quantitative estimate of drug-likeness (QED) is 0.779. The molecule has 0 aliphatic heterocycles. The Morgan fingerprint density at radius 3 is 2.19 bits per heavy atom. The molecular formula is C19H19ClF2N2O2. The van der Waals surface area contributed by atoms with Crippen LogP contribution in [0.1, 0.15) is 47.1 Å². The summed E-state index contributed by atoms with van der Waals surface area (Å²) in [6, 6.07) is 7.35. The van der Waals surface area contributed by atoms with Crippen molar-refractivity contribution >= 4 is 23.4 Å². The predicted molar refractivity (Wildman–Crippen MR) is 95.9 cm³/mol. The van der Waals surface area contributed by atoms with Crippen molar-refractivity contribution in [2.24, 2.45) is 0 Å². The SMILES string of the molecule is Cc1c(Cl)cccc1C(=O)NN(C(=O)c1cc(F)cc(F)c1)C(C)(C)C. The predicted octanol–water partition coefficient (Wildman–Crippen LogP) is 4.51. The molecule has 0 atom stereocenters. The molecule has 2 aromatic carbocycles. The Balaban J connectivity index is 2.38. The van der Waals surface area contributed by atoms with Gasteiger partial charge in [0.1, 0.15) is 11.6 Å². The van der Waals surface area contributed by atoms with Gasteiger partial charge in [0.25, 0.3) is 11.8 Å². The summed E-state index contributed by atoms with van der Waals surface area (Å²) in [7, 11) is 0. The first-order valence-electron chi connectivity index (χ1n) is 7.87. The van der Waals surface area contributed by atoms with Crippen molar-refractivity contribution in [1.82, 2.24) is 10.4 Å². The summed E-state index contributed by atoms with van der Waals surface area (Å²) in [5.41, 5.74) is 2.32. The minimum Gasteiger partial charge on any atom is -0.267 e. The van der Waals surface area contributed by atoms with Gasteiger partial charge in [-0.1, -0.05) is 17.7 Å². The van der Waals surface area contributed by atoms with E-state index >= 15 is 0 Å². The fourth-order valence-corrected chi connectivity index (χ4v) is 2.52. The molecule has 0 aliphatic carbocycles. The van der Waals surface area contributed by atoms with E-state index in [0.29, 0.717) is 22.2 Å². The Bertz CT molecular complexity index is 843. The fraction of sp³-hybridized carbons (Fsp3) is 0.263. The Hall–Kier alpha value is -2.47. The van der Waals surface area contributed by atoms with Crippen LogP contribution < -0.4 is 5.43 Å². The number of amides is 2. The van der Waals surface area contributed by atoms with E-state index in [-0.39, 0.29) is 5.56 Å². The maximum Gasteiger partial charge on any atom is 0.272 e. The standard InChI is InChI=1S/C19H19ClF2N2O2/c1-11-15(6-5-7-16(11)20)17(25)23-24(19(2,3)4)18(26)12-8-13(21)10-14(22)9-12/h5-10H,1-4H3,(H,23,25). The summed E-state index contributed by atoms with van der Waals surface area (Å²) >= 11 is 6.03. The monoisotopic (exact) mass is 380 g/mol. The summed E-state index contributed by atoms with van der Waals surface area (Å²) in [6.07, 6.45) is 0. The largest absolute Gasteiger partial charge is 0.272 e. The number of rotatable bonds is 2. The minimum absolute atomic E-state index is 0.208. The van der Waals surface area contributed by atoms with Crippen LogP contribution in [0, 0.1) is 18.6 Å². The van der Waals surface area contributed by atoms with Gasteiger partial charge in [-0.15, -0.1) is 0 Å². The van der Waals surface area contributed by atoms with Gasteiger partial charge in [0.05, 0.1) is 5.54 Å². The van der Waals surface area contributed by atoms with E-state index in [1.807, 2.05) is 0 Å². The van der Waals surface area contributed by atoms with Crippen LogP contribution in [0.5, 0.6) is 0 Å². The van der Waals surface area contributed by atoms with Crippen LogP contribution in [0.4, 0.5) is 8.78 Å². The van der Waals surface area contributed by atoms with Crippen molar-refractivity contribution < 1.29 is 18.4 Å². The lowest BCUT2D eigenvalue weighted by molar-refractivity contribution is 0.0357.